The standard InChI is InChI=1S/C22H24FN3O3S/c1-13-14(2)30-21-19(13)20(28)26(17-10-8-15(23)9-11-17)22(29)25(21)12-18(27)24-16-6-4-3-5-7-16/h8-11,16H,3-7,12H2,1-2H3,(H,24,27). The van der Waals surface area contributed by atoms with Crippen LogP contribution in [0, 0.1) is 19.7 Å². The number of amides is 1. The third kappa shape index (κ3) is 3.71. The van der Waals surface area contributed by atoms with Crippen LogP contribution in [0.5, 0.6) is 0 Å². The number of halogens is 1. The second kappa shape index (κ2) is 8.18. The van der Waals surface area contributed by atoms with Crippen molar-refractivity contribution in [3.63, 3.8) is 0 Å². The lowest BCUT2D eigenvalue weighted by Crippen LogP contribution is -2.43. The number of aromatic nitrogens is 2. The summed E-state index contributed by atoms with van der Waals surface area (Å²) >= 11 is 1.34. The first-order valence-corrected chi connectivity index (χ1v) is 11.0. The molecule has 0 atom stereocenters. The Morgan fingerprint density at radius 2 is 1.80 bits per heavy atom. The van der Waals surface area contributed by atoms with E-state index in [2.05, 4.69) is 5.32 Å². The highest BCUT2D eigenvalue weighted by Gasteiger charge is 2.22. The fourth-order valence-electron chi connectivity index (χ4n) is 4.08. The SMILES string of the molecule is Cc1sc2c(c1C)c(=O)n(-c1ccc(F)cc1)c(=O)n2CC(=O)NC1CCCCC1. The van der Waals surface area contributed by atoms with Crippen molar-refractivity contribution in [2.24, 2.45) is 0 Å². The first-order chi connectivity index (χ1) is 14.4. The number of carbonyl (C=O) groups excluding carboxylic acids is 1. The summed E-state index contributed by atoms with van der Waals surface area (Å²) in [5, 5.41) is 3.45. The van der Waals surface area contributed by atoms with Crippen LogP contribution in [0.15, 0.2) is 33.9 Å². The van der Waals surface area contributed by atoms with Crippen LogP contribution in [-0.4, -0.2) is 21.1 Å². The summed E-state index contributed by atoms with van der Waals surface area (Å²) in [6.07, 6.45) is 5.26. The Balaban J connectivity index is 1.82. The van der Waals surface area contributed by atoms with Gasteiger partial charge >= 0.3 is 5.69 Å². The minimum atomic E-state index is -0.598. The lowest BCUT2D eigenvalue weighted by Gasteiger charge is -2.23. The second-order valence-corrected chi connectivity index (χ2v) is 9.05. The summed E-state index contributed by atoms with van der Waals surface area (Å²) in [6.45, 7) is 3.56. The van der Waals surface area contributed by atoms with Crippen LogP contribution in [0.2, 0.25) is 0 Å². The van der Waals surface area contributed by atoms with Gasteiger partial charge in [0.1, 0.15) is 17.2 Å². The smallest absolute Gasteiger partial charge is 0.337 e. The van der Waals surface area contributed by atoms with E-state index in [4.69, 9.17) is 0 Å². The molecule has 1 N–H and O–H groups in total. The number of benzene rings is 1. The van der Waals surface area contributed by atoms with Crippen LogP contribution in [0.25, 0.3) is 15.9 Å². The van der Waals surface area contributed by atoms with Crippen LogP contribution >= 0.6 is 11.3 Å². The van der Waals surface area contributed by atoms with E-state index in [-0.39, 0.29) is 24.2 Å². The predicted octanol–water partition coefficient (Wildman–Crippen LogP) is 3.42. The molecule has 158 valence electrons. The topological polar surface area (TPSA) is 73.1 Å². The van der Waals surface area contributed by atoms with Crippen LogP contribution in [-0.2, 0) is 11.3 Å². The Hall–Kier alpha value is -2.74. The molecule has 0 radical (unpaired) electrons. The van der Waals surface area contributed by atoms with Crippen molar-refractivity contribution in [3.05, 3.63) is 61.4 Å². The van der Waals surface area contributed by atoms with Gasteiger partial charge < -0.3 is 5.32 Å². The Kier molecular flexibility index (Phi) is 5.60. The summed E-state index contributed by atoms with van der Waals surface area (Å²) in [4.78, 5) is 40.6. The minimum Gasteiger partial charge on any atom is -0.352 e. The lowest BCUT2D eigenvalue weighted by molar-refractivity contribution is -0.122. The second-order valence-electron chi connectivity index (χ2n) is 7.85. The van der Waals surface area contributed by atoms with Gasteiger partial charge in [-0.1, -0.05) is 19.3 Å². The molecule has 1 fully saturated rings. The average molecular weight is 430 g/mol. The van der Waals surface area contributed by atoms with Crippen molar-refractivity contribution in [1.29, 1.82) is 0 Å². The molecule has 0 saturated heterocycles. The Bertz CT molecular complexity index is 1220. The summed E-state index contributed by atoms with van der Waals surface area (Å²) in [6, 6.07) is 5.33. The highest BCUT2D eigenvalue weighted by Crippen LogP contribution is 2.27. The Morgan fingerprint density at radius 3 is 2.47 bits per heavy atom. The number of aryl methyl sites for hydroxylation is 2. The first kappa shape index (κ1) is 20.5. The monoisotopic (exact) mass is 429 g/mol. The van der Waals surface area contributed by atoms with Gasteiger partial charge in [-0.25, -0.2) is 13.8 Å². The van der Waals surface area contributed by atoms with Gasteiger partial charge in [-0.05, 0) is 56.5 Å². The van der Waals surface area contributed by atoms with Crippen LogP contribution in [0.1, 0.15) is 42.5 Å². The Morgan fingerprint density at radius 1 is 1.13 bits per heavy atom. The maximum atomic E-state index is 13.4. The highest BCUT2D eigenvalue weighted by molar-refractivity contribution is 7.18. The maximum Gasteiger partial charge on any atom is 0.337 e. The van der Waals surface area contributed by atoms with Crippen molar-refractivity contribution < 1.29 is 9.18 Å². The van der Waals surface area contributed by atoms with E-state index in [1.165, 1.54) is 46.6 Å². The van der Waals surface area contributed by atoms with Gasteiger partial charge in [0, 0.05) is 10.9 Å². The molecule has 1 aliphatic carbocycles. The molecule has 0 aliphatic heterocycles. The summed E-state index contributed by atoms with van der Waals surface area (Å²) in [7, 11) is 0. The molecule has 6 nitrogen and oxygen atoms in total. The fourth-order valence-corrected chi connectivity index (χ4v) is 5.22. The molecular weight excluding hydrogens is 405 g/mol. The molecule has 2 heterocycles. The normalized spacial score (nSPS) is 14.9. The number of rotatable bonds is 4. The molecule has 1 aromatic carbocycles. The largest absolute Gasteiger partial charge is 0.352 e. The zero-order valence-corrected chi connectivity index (χ0v) is 17.9. The zero-order chi connectivity index (χ0) is 21.4. The molecule has 0 bridgehead atoms. The molecule has 8 heteroatoms. The van der Waals surface area contributed by atoms with Crippen molar-refractivity contribution in [2.75, 3.05) is 0 Å². The van der Waals surface area contributed by atoms with E-state index in [1.54, 1.807) is 0 Å². The number of fused-ring (bicyclic) bond motifs is 1. The molecule has 3 aromatic rings. The summed E-state index contributed by atoms with van der Waals surface area (Å²) in [5.41, 5.74) is 0.0156. The van der Waals surface area contributed by atoms with Crippen LogP contribution in [0.3, 0.4) is 0 Å². The number of hydrogen-bond acceptors (Lipinski definition) is 4. The molecule has 0 unspecified atom stereocenters. The zero-order valence-electron chi connectivity index (χ0n) is 17.0. The van der Waals surface area contributed by atoms with Crippen LogP contribution in [0.4, 0.5) is 4.39 Å². The van der Waals surface area contributed by atoms with Crippen molar-refractivity contribution >= 4 is 27.5 Å². The summed E-state index contributed by atoms with van der Waals surface area (Å²) < 4.78 is 15.8. The number of carbonyl (C=O) groups is 1. The highest BCUT2D eigenvalue weighted by atomic mass is 32.1. The molecule has 2 aromatic heterocycles. The quantitative estimate of drug-likeness (QED) is 0.691. The molecule has 0 spiro atoms. The van der Waals surface area contributed by atoms with Gasteiger partial charge in [0.15, 0.2) is 0 Å². The van der Waals surface area contributed by atoms with Gasteiger partial charge in [-0.2, -0.15) is 0 Å². The number of hydrogen-bond donors (Lipinski definition) is 1. The number of thiophene rings is 1. The van der Waals surface area contributed by atoms with E-state index in [0.29, 0.717) is 10.2 Å². The van der Waals surface area contributed by atoms with Gasteiger partial charge in [0.2, 0.25) is 5.91 Å². The molecule has 4 rings (SSSR count). The first-order valence-electron chi connectivity index (χ1n) is 10.2. The van der Waals surface area contributed by atoms with Gasteiger partial charge in [-0.15, -0.1) is 11.3 Å². The van der Waals surface area contributed by atoms with Crippen molar-refractivity contribution in [3.8, 4) is 5.69 Å². The third-order valence-corrected chi connectivity index (χ3v) is 7.04. The minimum absolute atomic E-state index is 0.132. The molecule has 1 saturated carbocycles. The van der Waals surface area contributed by atoms with Crippen LogP contribution < -0.4 is 16.6 Å². The number of nitrogens with one attached hydrogen (secondary N) is 1. The van der Waals surface area contributed by atoms with E-state index in [0.717, 1.165) is 40.7 Å². The van der Waals surface area contributed by atoms with Crippen molar-refractivity contribution in [2.45, 2.75) is 58.5 Å². The van der Waals surface area contributed by atoms with E-state index >= 15 is 0 Å². The maximum absolute atomic E-state index is 13.4. The lowest BCUT2D eigenvalue weighted by atomic mass is 9.95. The number of nitrogens with zero attached hydrogens (tertiary/aromatic N) is 2. The van der Waals surface area contributed by atoms with E-state index in [1.807, 2.05) is 13.8 Å². The molecule has 1 aliphatic rings. The van der Waals surface area contributed by atoms with Gasteiger partial charge in [0.25, 0.3) is 5.56 Å². The van der Waals surface area contributed by atoms with Gasteiger partial charge in [-0.3, -0.25) is 14.2 Å². The fraction of sp³-hybridized carbons (Fsp3) is 0.409. The van der Waals surface area contributed by atoms with E-state index in [9.17, 15) is 18.8 Å². The van der Waals surface area contributed by atoms with Crippen molar-refractivity contribution in [1.82, 2.24) is 14.5 Å². The predicted molar refractivity (Wildman–Crippen MR) is 116 cm³/mol. The molecular formula is C22H24FN3O3S. The third-order valence-electron chi connectivity index (χ3n) is 5.81. The molecule has 30 heavy (non-hydrogen) atoms. The molecule has 1 amide bonds. The average Bonchev–Trinajstić information content (AvgIpc) is 3.02. The Labute approximate surface area is 177 Å². The summed E-state index contributed by atoms with van der Waals surface area (Å²) in [5.74, 6) is -0.694. The van der Waals surface area contributed by atoms with E-state index < -0.39 is 17.1 Å². The van der Waals surface area contributed by atoms with Gasteiger partial charge in [0.05, 0.1) is 11.1 Å².